The number of esters is 1. The number of aromatic nitrogens is 1. The Bertz CT molecular complexity index is 1270. The normalized spacial score (nSPS) is 11.5. The van der Waals surface area contributed by atoms with Crippen molar-refractivity contribution in [3.8, 4) is 0 Å². The topological polar surface area (TPSA) is 106 Å². The second-order valence-corrected chi connectivity index (χ2v) is 8.94. The summed E-state index contributed by atoms with van der Waals surface area (Å²) >= 11 is 0. The fourth-order valence-corrected chi connectivity index (χ4v) is 5.33. The number of sulfonamides is 1. The van der Waals surface area contributed by atoms with Gasteiger partial charge in [0.25, 0.3) is 0 Å². The highest BCUT2D eigenvalue weighted by Crippen LogP contribution is 2.28. The average Bonchev–Trinajstić information content (AvgIpc) is 3.03. The molecule has 0 aliphatic rings. The number of amides is 1. The van der Waals surface area contributed by atoms with Crippen molar-refractivity contribution >= 4 is 38.4 Å². The number of carbonyl (C=O) groups excluding carboxylic acids is 2. The average molecular weight is 458 g/mol. The van der Waals surface area contributed by atoms with Gasteiger partial charge in [-0.2, -0.15) is 0 Å². The van der Waals surface area contributed by atoms with Gasteiger partial charge in [0.1, 0.15) is 10.5 Å². The minimum absolute atomic E-state index is 0.00633. The summed E-state index contributed by atoms with van der Waals surface area (Å²) in [6.45, 7) is 6.94. The van der Waals surface area contributed by atoms with E-state index in [1.807, 2.05) is 43.3 Å². The van der Waals surface area contributed by atoms with Gasteiger partial charge in [-0.05, 0) is 39.1 Å². The Morgan fingerprint density at radius 3 is 2.38 bits per heavy atom. The third kappa shape index (κ3) is 4.53. The van der Waals surface area contributed by atoms with Crippen molar-refractivity contribution < 1.29 is 22.7 Å². The molecule has 0 aliphatic carbocycles. The Hall–Kier alpha value is -3.17. The molecular formula is C23H27N3O5S. The van der Waals surface area contributed by atoms with Crippen LogP contribution in [-0.2, 0) is 26.1 Å². The maximum atomic E-state index is 13.1. The fraction of sp³-hybridized carbons (Fsp3) is 0.304. The van der Waals surface area contributed by atoms with Crippen LogP contribution >= 0.6 is 0 Å². The third-order valence-corrected chi connectivity index (χ3v) is 6.84. The van der Waals surface area contributed by atoms with Crippen LogP contribution < -0.4 is 10.0 Å². The summed E-state index contributed by atoms with van der Waals surface area (Å²) in [5.74, 6) is -1.23. The molecule has 0 bridgehead atoms. The highest BCUT2D eigenvalue weighted by molar-refractivity contribution is 7.89. The van der Waals surface area contributed by atoms with E-state index in [1.165, 1.54) is 0 Å². The summed E-state index contributed by atoms with van der Waals surface area (Å²) in [5.41, 5.74) is 1.50. The summed E-state index contributed by atoms with van der Waals surface area (Å²) in [7, 11) is -4.16. The summed E-state index contributed by atoms with van der Waals surface area (Å²) in [6, 6.07) is 13.1. The van der Waals surface area contributed by atoms with E-state index in [0.717, 1.165) is 10.8 Å². The van der Waals surface area contributed by atoms with Crippen LogP contribution in [0.3, 0.4) is 0 Å². The minimum atomic E-state index is -4.16. The molecule has 170 valence electrons. The van der Waals surface area contributed by atoms with E-state index in [9.17, 15) is 18.0 Å². The molecule has 0 radical (unpaired) electrons. The summed E-state index contributed by atoms with van der Waals surface area (Å²) in [5, 5.41) is 4.55. The van der Waals surface area contributed by atoms with E-state index in [-0.39, 0.29) is 17.1 Å². The SMILES string of the molecule is CCOC(=O)c1c(S(=O)(=O)NCC(=O)Nc2cccc3ccccc23)c(C)n(CC)c1C. The van der Waals surface area contributed by atoms with Crippen molar-refractivity contribution in [1.82, 2.24) is 9.29 Å². The predicted octanol–water partition coefficient (Wildman–Crippen LogP) is 3.37. The van der Waals surface area contributed by atoms with Gasteiger partial charge in [0.15, 0.2) is 0 Å². The lowest BCUT2D eigenvalue weighted by Crippen LogP contribution is -2.34. The largest absolute Gasteiger partial charge is 0.462 e. The molecule has 0 spiro atoms. The van der Waals surface area contributed by atoms with Crippen LogP contribution in [0.15, 0.2) is 47.4 Å². The van der Waals surface area contributed by atoms with Crippen molar-refractivity contribution in [2.45, 2.75) is 39.1 Å². The molecule has 1 amide bonds. The summed E-state index contributed by atoms with van der Waals surface area (Å²) in [6.07, 6.45) is 0. The van der Waals surface area contributed by atoms with Gasteiger partial charge in [-0.1, -0.05) is 36.4 Å². The molecule has 0 fully saturated rings. The first-order chi connectivity index (χ1) is 15.2. The number of rotatable bonds is 8. The Morgan fingerprint density at radius 1 is 1.00 bits per heavy atom. The van der Waals surface area contributed by atoms with Gasteiger partial charge in [0.2, 0.25) is 15.9 Å². The molecule has 0 aliphatic heterocycles. The zero-order valence-corrected chi connectivity index (χ0v) is 19.4. The van der Waals surface area contributed by atoms with Gasteiger partial charge in [-0.3, -0.25) is 4.79 Å². The lowest BCUT2D eigenvalue weighted by Gasteiger charge is -2.11. The molecule has 0 saturated carbocycles. The zero-order valence-electron chi connectivity index (χ0n) is 18.6. The van der Waals surface area contributed by atoms with Gasteiger partial charge in [0, 0.05) is 29.0 Å². The predicted molar refractivity (Wildman–Crippen MR) is 123 cm³/mol. The quantitative estimate of drug-likeness (QED) is 0.505. The maximum Gasteiger partial charge on any atom is 0.341 e. The van der Waals surface area contributed by atoms with Crippen molar-refractivity contribution in [1.29, 1.82) is 0 Å². The van der Waals surface area contributed by atoms with Crippen LogP contribution in [0, 0.1) is 13.8 Å². The molecule has 9 heteroatoms. The molecule has 1 aromatic heterocycles. The number of ether oxygens (including phenoxy) is 1. The molecule has 2 aromatic carbocycles. The number of fused-ring (bicyclic) bond motifs is 1. The van der Waals surface area contributed by atoms with E-state index in [1.54, 1.807) is 31.4 Å². The van der Waals surface area contributed by atoms with Crippen LogP contribution in [0.2, 0.25) is 0 Å². The van der Waals surface area contributed by atoms with E-state index < -0.39 is 28.4 Å². The smallest absolute Gasteiger partial charge is 0.341 e. The number of anilines is 1. The number of hydrogen-bond donors (Lipinski definition) is 2. The summed E-state index contributed by atoms with van der Waals surface area (Å²) < 4.78 is 35.4. The fourth-order valence-electron chi connectivity index (χ4n) is 3.86. The molecule has 0 atom stereocenters. The monoisotopic (exact) mass is 457 g/mol. The Kier molecular flexibility index (Phi) is 7.00. The number of hydrogen-bond acceptors (Lipinski definition) is 5. The third-order valence-electron chi connectivity index (χ3n) is 5.28. The first-order valence-electron chi connectivity index (χ1n) is 10.3. The molecule has 3 aromatic rings. The molecule has 2 N–H and O–H groups in total. The van der Waals surface area contributed by atoms with E-state index in [2.05, 4.69) is 10.0 Å². The maximum absolute atomic E-state index is 13.1. The van der Waals surface area contributed by atoms with E-state index >= 15 is 0 Å². The number of benzene rings is 2. The van der Waals surface area contributed by atoms with Crippen molar-refractivity contribution in [3.05, 3.63) is 59.4 Å². The standard InChI is InChI=1S/C23H27N3O5S/c1-5-26-15(3)21(23(28)31-6-2)22(16(26)4)32(29,30)24-14-20(27)25-19-13-9-11-17-10-7-8-12-18(17)19/h7-13,24H,5-6,14H2,1-4H3,(H,25,27). The van der Waals surface area contributed by atoms with Crippen LogP contribution in [0.5, 0.6) is 0 Å². The lowest BCUT2D eigenvalue weighted by molar-refractivity contribution is -0.115. The zero-order chi connectivity index (χ0) is 23.5. The second-order valence-electron chi connectivity index (χ2n) is 7.24. The number of nitrogens with one attached hydrogen (secondary N) is 2. The first-order valence-corrected chi connectivity index (χ1v) is 11.8. The molecule has 0 saturated heterocycles. The van der Waals surface area contributed by atoms with E-state index in [4.69, 9.17) is 4.74 Å². The highest BCUT2D eigenvalue weighted by Gasteiger charge is 2.32. The van der Waals surface area contributed by atoms with Gasteiger partial charge < -0.3 is 14.6 Å². The Morgan fingerprint density at radius 2 is 1.69 bits per heavy atom. The van der Waals surface area contributed by atoms with E-state index in [0.29, 0.717) is 23.6 Å². The minimum Gasteiger partial charge on any atom is -0.462 e. The molecule has 0 unspecified atom stereocenters. The number of carbonyl (C=O) groups is 2. The van der Waals surface area contributed by atoms with Crippen LogP contribution in [0.25, 0.3) is 10.8 Å². The van der Waals surface area contributed by atoms with Crippen molar-refractivity contribution in [3.63, 3.8) is 0 Å². The number of nitrogens with zero attached hydrogens (tertiary/aromatic N) is 1. The van der Waals surface area contributed by atoms with Crippen LogP contribution in [0.1, 0.15) is 35.6 Å². The van der Waals surface area contributed by atoms with Crippen molar-refractivity contribution in [2.75, 3.05) is 18.5 Å². The van der Waals surface area contributed by atoms with Gasteiger partial charge >= 0.3 is 5.97 Å². The lowest BCUT2D eigenvalue weighted by atomic mass is 10.1. The summed E-state index contributed by atoms with van der Waals surface area (Å²) in [4.78, 5) is 24.9. The van der Waals surface area contributed by atoms with Gasteiger partial charge in [-0.15, -0.1) is 0 Å². The molecule has 8 nitrogen and oxygen atoms in total. The Balaban J connectivity index is 1.85. The Labute approximate surface area is 187 Å². The van der Waals surface area contributed by atoms with Crippen molar-refractivity contribution in [2.24, 2.45) is 0 Å². The molecular weight excluding hydrogens is 430 g/mol. The van der Waals surface area contributed by atoms with Crippen LogP contribution in [0.4, 0.5) is 5.69 Å². The molecule has 1 heterocycles. The van der Waals surface area contributed by atoms with Gasteiger partial charge in [0.05, 0.1) is 13.2 Å². The molecule has 3 rings (SSSR count). The second kappa shape index (κ2) is 9.54. The first kappa shape index (κ1) is 23.5. The molecule has 32 heavy (non-hydrogen) atoms. The van der Waals surface area contributed by atoms with Gasteiger partial charge in [-0.25, -0.2) is 17.9 Å². The van der Waals surface area contributed by atoms with Crippen LogP contribution in [-0.4, -0.2) is 38.0 Å². The highest BCUT2D eigenvalue weighted by atomic mass is 32.2.